The molecule has 2 aromatic carbocycles. The van der Waals surface area contributed by atoms with Gasteiger partial charge in [0.05, 0.1) is 11.4 Å². The van der Waals surface area contributed by atoms with E-state index in [1.165, 1.54) is 22.3 Å². The molecule has 0 amide bonds. The molecule has 4 rings (SSSR count). The Balaban J connectivity index is 1.69. The molecule has 4 nitrogen and oxygen atoms in total. The van der Waals surface area contributed by atoms with Gasteiger partial charge in [-0.05, 0) is 46.5 Å². The zero-order valence-corrected chi connectivity index (χ0v) is 11.3. The molecule has 0 aliphatic heterocycles. The van der Waals surface area contributed by atoms with Crippen molar-refractivity contribution in [2.75, 3.05) is 0 Å². The minimum atomic E-state index is -0.0253. The first-order chi connectivity index (χ1) is 10.2. The summed E-state index contributed by atoms with van der Waals surface area (Å²) in [4.78, 5) is 28.0. The first-order valence-corrected chi connectivity index (χ1v) is 6.64. The quantitative estimate of drug-likeness (QED) is 0.636. The van der Waals surface area contributed by atoms with Gasteiger partial charge >= 0.3 is 0 Å². The second kappa shape index (κ2) is 3.86. The van der Waals surface area contributed by atoms with Crippen molar-refractivity contribution in [3.05, 3.63) is 58.7 Å². The van der Waals surface area contributed by atoms with Crippen LogP contribution in [0.1, 0.15) is 35.1 Å². The Labute approximate surface area is 120 Å². The van der Waals surface area contributed by atoms with Crippen molar-refractivity contribution < 1.29 is 9.59 Å². The van der Waals surface area contributed by atoms with Crippen LogP contribution in [0.25, 0.3) is 0 Å². The largest absolute Gasteiger partial charge is 0.240 e. The van der Waals surface area contributed by atoms with Crippen molar-refractivity contribution in [2.24, 2.45) is 9.98 Å². The number of carbonyl (C=O) groups excluding carboxylic acids is 2. The zero-order valence-electron chi connectivity index (χ0n) is 11.3. The molecule has 2 aromatic rings. The predicted molar refractivity (Wildman–Crippen MR) is 76.7 cm³/mol. The fraction of sp³-hybridized carbons (Fsp3) is 0.176. The minimum Gasteiger partial charge on any atom is -0.211 e. The zero-order chi connectivity index (χ0) is 14.6. The summed E-state index contributed by atoms with van der Waals surface area (Å²) in [6, 6.07) is 11.6. The van der Waals surface area contributed by atoms with Gasteiger partial charge in [0, 0.05) is 11.3 Å². The van der Waals surface area contributed by atoms with Crippen molar-refractivity contribution in [3.8, 4) is 0 Å². The number of benzene rings is 2. The molecule has 0 bridgehead atoms. The molecule has 0 saturated heterocycles. The summed E-state index contributed by atoms with van der Waals surface area (Å²) in [6.07, 6.45) is 3.14. The van der Waals surface area contributed by atoms with Crippen molar-refractivity contribution >= 4 is 23.5 Å². The molecule has 0 radical (unpaired) electrons. The minimum absolute atomic E-state index is 0.0253. The lowest BCUT2D eigenvalue weighted by Crippen LogP contribution is -2.03. The fourth-order valence-electron chi connectivity index (χ4n) is 3.47. The van der Waals surface area contributed by atoms with E-state index in [-0.39, 0.29) is 5.41 Å². The first kappa shape index (κ1) is 12.0. The Kier molecular flexibility index (Phi) is 2.20. The fourth-order valence-corrected chi connectivity index (χ4v) is 3.47. The third-order valence-electron chi connectivity index (χ3n) is 4.60. The highest BCUT2D eigenvalue weighted by Gasteiger charge is 2.59. The Morgan fingerprint density at radius 3 is 2.29 bits per heavy atom. The van der Waals surface area contributed by atoms with E-state index in [1.54, 1.807) is 12.2 Å². The molecule has 0 spiro atoms. The molecule has 0 aromatic heterocycles. The van der Waals surface area contributed by atoms with Gasteiger partial charge in [0.15, 0.2) is 0 Å². The maximum absolute atomic E-state index is 10.4. The average Bonchev–Trinajstić information content (AvgIpc) is 3.34. The topological polar surface area (TPSA) is 58.9 Å². The van der Waals surface area contributed by atoms with Crippen LogP contribution in [0.2, 0.25) is 0 Å². The van der Waals surface area contributed by atoms with Crippen molar-refractivity contribution in [3.63, 3.8) is 0 Å². The molecular formula is C17H10N2O2. The van der Waals surface area contributed by atoms with E-state index in [0.29, 0.717) is 17.3 Å². The molecule has 21 heavy (non-hydrogen) atoms. The summed E-state index contributed by atoms with van der Waals surface area (Å²) in [5.74, 6) is 0.332. The summed E-state index contributed by atoms with van der Waals surface area (Å²) < 4.78 is 0. The van der Waals surface area contributed by atoms with Crippen LogP contribution in [0.5, 0.6) is 0 Å². The van der Waals surface area contributed by atoms with Crippen LogP contribution >= 0.6 is 0 Å². The molecule has 2 aliphatic carbocycles. The van der Waals surface area contributed by atoms with E-state index in [1.807, 2.05) is 36.4 Å². The normalized spacial score (nSPS) is 23.2. The van der Waals surface area contributed by atoms with Gasteiger partial charge in [-0.15, -0.1) is 0 Å². The van der Waals surface area contributed by atoms with Crippen LogP contribution in [0.4, 0.5) is 11.4 Å². The standard InChI is InChI=1S/C17H10N2O2/c1-17(14-5-3-11(19-9-21)7-15(14)17)16-12-4-2-10(18-8-20)6-13(12)16/h2-7,16H,1H3. The lowest BCUT2D eigenvalue weighted by atomic mass is 9.95. The van der Waals surface area contributed by atoms with E-state index >= 15 is 0 Å². The monoisotopic (exact) mass is 274 g/mol. The Morgan fingerprint density at radius 1 is 0.905 bits per heavy atom. The second-order valence-corrected chi connectivity index (χ2v) is 5.58. The number of hydrogen-bond acceptors (Lipinski definition) is 4. The van der Waals surface area contributed by atoms with E-state index in [9.17, 15) is 9.59 Å². The number of nitrogens with zero attached hydrogens (tertiary/aromatic N) is 2. The third kappa shape index (κ3) is 1.52. The van der Waals surface area contributed by atoms with Gasteiger partial charge in [0.2, 0.25) is 12.2 Å². The van der Waals surface area contributed by atoms with Gasteiger partial charge in [-0.2, -0.15) is 9.98 Å². The summed E-state index contributed by atoms with van der Waals surface area (Å²) in [5.41, 5.74) is 6.29. The van der Waals surface area contributed by atoms with Crippen LogP contribution in [0.15, 0.2) is 46.4 Å². The number of hydrogen-bond donors (Lipinski definition) is 0. The van der Waals surface area contributed by atoms with Gasteiger partial charge in [-0.1, -0.05) is 19.1 Å². The Morgan fingerprint density at radius 2 is 1.57 bits per heavy atom. The molecule has 0 saturated carbocycles. The van der Waals surface area contributed by atoms with Crippen molar-refractivity contribution in [1.29, 1.82) is 0 Å². The average molecular weight is 274 g/mol. The first-order valence-electron chi connectivity index (χ1n) is 6.64. The molecule has 2 atom stereocenters. The second-order valence-electron chi connectivity index (χ2n) is 5.58. The number of fused-ring (bicyclic) bond motifs is 2. The van der Waals surface area contributed by atoms with E-state index in [4.69, 9.17) is 0 Å². The van der Waals surface area contributed by atoms with Crippen LogP contribution in [0.3, 0.4) is 0 Å². The van der Waals surface area contributed by atoms with E-state index in [0.717, 1.165) is 0 Å². The summed E-state index contributed by atoms with van der Waals surface area (Å²) in [5, 5.41) is 0. The predicted octanol–water partition coefficient (Wildman–Crippen LogP) is 3.39. The molecule has 2 unspecified atom stereocenters. The highest BCUT2D eigenvalue weighted by molar-refractivity contribution is 5.75. The van der Waals surface area contributed by atoms with Gasteiger partial charge < -0.3 is 0 Å². The highest BCUT2D eigenvalue weighted by atomic mass is 16.1. The molecule has 4 heteroatoms. The van der Waals surface area contributed by atoms with E-state index < -0.39 is 0 Å². The SMILES string of the molecule is CC1(C2c3ccc(N=C=O)cc32)c2ccc(N=C=O)cc21. The maximum atomic E-state index is 10.4. The Hall–Kier alpha value is -2.80. The molecule has 0 fully saturated rings. The highest BCUT2D eigenvalue weighted by Crippen LogP contribution is 2.67. The molecule has 0 N–H and O–H groups in total. The van der Waals surface area contributed by atoms with E-state index in [2.05, 4.69) is 16.9 Å². The van der Waals surface area contributed by atoms with Crippen molar-refractivity contribution in [1.82, 2.24) is 0 Å². The van der Waals surface area contributed by atoms with Crippen LogP contribution in [-0.2, 0) is 15.0 Å². The molecule has 100 valence electrons. The van der Waals surface area contributed by atoms with Gasteiger partial charge in [-0.25, -0.2) is 9.59 Å². The van der Waals surface area contributed by atoms with Crippen molar-refractivity contribution in [2.45, 2.75) is 18.3 Å². The summed E-state index contributed by atoms with van der Waals surface area (Å²) in [6.45, 7) is 2.19. The summed E-state index contributed by atoms with van der Waals surface area (Å²) >= 11 is 0. The van der Waals surface area contributed by atoms with Crippen LogP contribution in [0, 0.1) is 0 Å². The van der Waals surface area contributed by atoms with Gasteiger partial charge in [0.1, 0.15) is 0 Å². The molecule has 2 aliphatic rings. The molecule has 0 heterocycles. The van der Waals surface area contributed by atoms with Gasteiger partial charge in [-0.3, -0.25) is 0 Å². The smallest absolute Gasteiger partial charge is 0.211 e. The van der Waals surface area contributed by atoms with Crippen LogP contribution in [-0.4, -0.2) is 12.2 Å². The molecular weight excluding hydrogens is 264 g/mol. The van der Waals surface area contributed by atoms with Crippen LogP contribution < -0.4 is 0 Å². The van der Waals surface area contributed by atoms with Gasteiger partial charge in [0.25, 0.3) is 0 Å². The lowest BCUT2D eigenvalue weighted by molar-refractivity contribution is 0.564. The maximum Gasteiger partial charge on any atom is 0.240 e. The number of aliphatic imine (C=N–C) groups is 2. The Bertz CT molecular complexity index is 890. The number of rotatable bonds is 3. The lowest BCUT2D eigenvalue weighted by Gasteiger charge is -2.06. The third-order valence-corrected chi connectivity index (χ3v) is 4.60. The number of isocyanates is 2. The summed E-state index contributed by atoms with van der Waals surface area (Å²) in [7, 11) is 0.